The molecule has 0 radical (unpaired) electrons. The van der Waals surface area contributed by atoms with Crippen molar-refractivity contribution in [3.8, 4) is 0 Å². The normalized spacial score (nSPS) is 13.6. The SMILES string of the molecule is Cc1noc(C)c1S(=O)(=O)NC(C)Cc1ccoc1. The number of sulfonamides is 1. The van der Waals surface area contributed by atoms with Gasteiger partial charge in [0.2, 0.25) is 10.0 Å². The number of hydrogen-bond acceptors (Lipinski definition) is 5. The molecule has 1 atom stereocenters. The van der Waals surface area contributed by atoms with Gasteiger partial charge in [-0.15, -0.1) is 0 Å². The molecule has 19 heavy (non-hydrogen) atoms. The molecule has 2 rings (SSSR count). The van der Waals surface area contributed by atoms with Gasteiger partial charge in [0.25, 0.3) is 0 Å². The van der Waals surface area contributed by atoms with E-state index in [1.807, 2.05) is 0 Å². The molecule has 0 fully saturated rings. The zero-order chi connectivity index (χ0) is 14.0. The molecule has 2 aromatic rings. The first-order valence-corrected chi connectivity index (χ1v) is 7.34. The van der Waals surface area contributed by atoms with Gasteiger partial charge in [0.1, 0.15) is 10.6 Å². The minimum Gasteiger partial charge on any atom is -0.472 e. The van der Waals surface area contributed by atoms with Crippen molar-refractivity contribution in [2.75, 3.05) is 0 Å². The Hall–Kier alpha value is -1.60. The molecule has 0 bridgehead atoms. The van der Waals surface area contributed by atoms with Crippen LogP contribution in [0.4, 0.5) is 0 Å². The molecular weight excluding hydrogens is 268 g/mol. The van der Waals surface area contributed by atoms with E-state index in [2.05, 4.69) is 9.88 Å². The Bertz CT molecular complexity index is 624. The summed E-state index contributed by atoms with van der Waals surface area (Å²) in [5.74, 6) is 0.292. The van der Waals surface area contributed by atoms with Crippen molar-refractivity contribution in [1.82, 2.24) is 9.88 Å². The monoisotopic (exact) mass is 284 g/mol. The topological polar surface area (TPSA) is 85.3 Å². The summed E-state index contributed by atoms with van der Waals surface area (Å²) in [7, 11) is -3.62. The van der Waals surface area contributed by atoms with Crippen molar-refractivity contribution >= 4 is 10.0 Å². The summed E-state index contributed by atoms with van der Waals surface area (Å²) >= 11 is 0. The molecular formula is C12H16N2O4S. The second-order valence-electron chi connectivity index (χ2n) is 4.51. The zero-order valence-electron chi connectivity index (χ0n) is 11.0. The predicted molar refractivity (Wildman–Crippen MR) is 68.2 cm³/mol. The van der Waals surface area contributed by atoms with Crippen molar-refractivity contribution in [2.24, 2.45) is 0 Å². The highest BCUT2D eigenvalue weighted by molar-refractivity contribution is 7.89. The summed E-state index contributed by atoms with van der Waals surface area (Å²) < 4.78 is 36.9. The van der Waals surface area contributed by atoms with E-state index >= 15 is 0 Å². The summed E-state index contributed by atoms with van der Waals surface area (Å²) in [5.41, 5.74) is 1.30. The molecule has 1 N–H and O–H groups in total. The lowest BCUT2D eigenvalue weighted by Crippen LogP contribution is -2.34. The molecule has 0 saturated heterocycles. The maximum atomic E-state index is 12.2. The van der Waals surface area contributed by atoms with E-state index in [0.717, 1.165) is 5.56 Å². The van der Waals surface area contributed by atoms with E-state index < -0.39 is 10.0 Å². The van der Waals surface area contributed by atoms with Gasteiger partial charge < -0.3 is 8.94 Å². The van der Waals surface area contributed by atoms with Gasteiger partial charge in [-0.3, -0.25) is 0 Å². The molecule has 0 aromatic carbocycles. The fraction of sp³-hybridized carbons (Fsp3) is 0.417. The Kier molecular flexibility index (Phi) is 3.77. The van der Waals surface area contributed by atoms with Gasteiger partial charge in [-0.25, -0.2) is 13.1 Å². The fourth-order valence-electron chi connectivity index (χ4n) is 1.99. The molecule has 0 aliphatic carbocycles. The molecule has 7 heteroatoms. The van der Waals surface area contributed by atoms with Gasteiger partial charge in [0.15, 0.2) is 5.76 Å². The van der Waals surface area contributed by atoms with Crippen LogP contribution in [0.5, 0.6) is 0 Å². The molecule has 0 saturated carbocycles. The summed E-state index contributed by atoms with van der Waals surface area (Å²) in [5, 5.41) is 3.66. The first kappa shape index (κ1) is 13.8. The van der Waals surface area contributed by atoms with Crippen molar-refractivity contribution in [3.05, 3.63) is 35.6 Å². The molecule has 0 amide bonds. The van der Waals surface area contributed by atoms with Crippen molar-refractivity contribution in [3.63, 3.8) is 0 Å². The van der Waals surface area contributed by atoms with E-state index in [9.17, 15) is 8.42 Å². The van der Waals surface area contributed by atoms with Gasteiger partial charge in [0.05, 0.1) is 12.5 Å². The fourth-order valence-corrected chi connectivity index (χ4v) is 3.56. The van der Waals surface area contributed by atoms with Crippen LogP contribution in [-0.4, -0.2) is 19.6 Å². The first-order chi connectivity index (χ1) is 8.90. The third kappa shape index (κ3) is 3.05. The molecule has 0 spiro atoms. The number of nitrogens with zero attached hydrogens (tertiary/aromatic N) is 1. The largest absolute Gasteiger partial charge is 0.472 e. The van der Waals surface area contributed by atoms with Crippen molar-refractivity contribution in [2.45, 2.75) is 38.1 Å². The molecule has 2 aromatic heterocycles. The molecule has 0 aliphatic rings. The van der Waals surface area contributed by atoms with Crippen LogP contribution >= 0.6 is 0 Å². The number of hydrogen-bond donors (Lipinski definition) is 1. The lowest BCUT2D eigenvalue weighted by Gasteiger charge is -2.12. The number of aromatic nitrogens is 1. The lowest BCUT2D eigenvalue weighted by atomic mass is 10.1. The Morgan fingerprint density at radius 2 is 2.16 bits per heavy atom. The minimum atomic E-state index is -3.62. The van der Waals surface area contributed by atoms with Gasteiger partial charge in [-0.1, -0.05) is 5.16 Å². The smallest absolute Gasteiger partial charge is 0.246 e. The van der Waals surface area contributed by atoms with Crippen LogP contribution in [-0.2, 0) is 16.4 Å². The summed E-state index contributed by atoms with van der Waals surface area (Å²) in [6.07, 6.45) is 3.71. The third-order valence-corrected chi connectivity index (χ3v) is 4.55. The zero-order valence-corrected chi connectivity index (χ0v) is 11.8. The van der Waals surface area contributed by atoms with Crippen LogP contribution < -0.4 is 4.72 Å². The Balaban J connectivity index is 2.13. The predicted octanol–water partition coefficient (Wildman–Crippen LogP) is 1.79. The number of rotatable bonds is 5. The van der Waals surface area contributed by atoms with Gasteiger partial charge >= 0.3 is 0 Å². The van der Waals surface area contributed by atoms with E-state index in [4.69, 9.17) is 8.94 Å². The maximum absolute atomic E-state index is 12.2. The van der Waals surface area contributed by atoms with Crippen molar-refractivity contribution < 1.29 is 17.4 Å². The van der Waals surface area contributed by atoms with Crippen LogP contribution in [0.1, 0.15) is 23.9 Å². The average molecular weight is 284 g/mol. The highest BCUT2D eigenvalue weighted by Crippen LogP contribution is 2.19. The average Bonchev–Trinajstić information content (AvgIpc) is 2.88. The summed E-state index contributed by atoms with van der Waals surface area (Å²) in [6, 6.07) is 1.55. The highest BCUT2D eigenvalue weighted by atomic mass is 32.2. The number of nitrogens with one attached hydrogen (secondary N) is 1. The quantitative estimate of drug-likeness (QED) is 0.904. The second kappa shape index (κ2) is 5.18. The standard InChI is InChI=1S/C12H16N2O4S/c1-8(6-11-4-5-17-7-11)14-19(15,16)12-9(2)13-18-10(12)3/h4-5,7-8,14H,6H2,1-3H3. The van der Waals surface area contributed by atoms with Crippen molar-refractivity contribution in [1.29, 1.82) is 0 Å². The summed E-state index contributed by atoms with van der Waals surface area (Å²) in [4.78, 5) is 0.117. The molecule has 6 nitrogen and oxygen atoms in total. The summed E-state index contributed by atoms with van der Waals surface area (Å²) in [6.45, 7) is 4.98. The Labute approximate surface area is 111 Å². The number of furan rings is 1. The minimum absolute atomic E-state index is 0.117. The van der Waals surface area contributed by atoms with Crippen LogP contribution in [0.15, 0.2) is 32.4 Å². The Morgan fingerprint density at radius 3 is 2.68 bits per heavy atom. The van der Waals surface area contributed by atoms with Crippen LogP contribution in [0.25, 0.3) is 0 Å². The van der Waals surface area contributed by atoms with E-state index in [1.54, 1.807) is 39.4 Å². The van der Waals surface area contributed by atoms with Crippen LogP contribution in [0, 0.1) is 13.8 Å². The van der Waals surface area contributed by atoms with E-state index in [1.165, 1.54) is 0 Å². The highest BCUT2D eigenvalue weighted by Gasteiger charge is 2.25. The molecule has 2 heterocycles. The molecule has 1 unspecified atom stereocenters. The molecule has 104 valence electrons. The van der Waals surface area contributed by atoms with Gasteiger partial charge in [0, 0.05) is 6.04 Å². The van der Waals surface area contributed by atoms with Gasteiger partial charge in [-0.05, 0) is 38.8 Å². The molecule has 0 aliphatic heterocycles. The van der Waals surface area contributed by atoms with Crippen LogP contribution in [0.3, 0.4) is 0 Å². The second-order valence-corrected chi connectivity index (χ2v) is 6.16. The van der Waals surface area contributed by atoms with Crippen LogP contribution in [0.2, 0.25) is 0 Å². The van der Waals surface area contributed by atoms with E-state index in [-0.39, 0.29) is 10.9 Å². The first-order valence-electron chi connectivity index (χ1n) is 5.86. The van der Waals surface area contributed by atoms with E-state index in [0.29, 0.717) is 17.9 Å². The third-order valence-electron chi connectivity index (χ3n) is 2.71. The number of aryl methyl sites for hydroxylation is 2. The van der Waals surface area contributed by atoms with Gasteiger partial charge in [-0.2, -0.15) is 0 Å². The maximum Gasteiger partial charge on any atom is 0.246 e. The lowest BCUT2D eigenvalue weighted by molar-refractivity contribution is 0.390. The Morgan fingerprint density at radius 1 is 1.42 bits per heavy atom.